The second-order valence-corrected chi connectivity index (χ2v) is 1.81. The van der Waals surface area contributed by atoms with Gasteiger partial charge in [0.25, 0.3) is 6.04 Å². The highest BCUT2D eigenvalue weighted by molar-refractivity contribution is 5.82. The van der Waals surface area contributed by atoms with Gasteiger partial charge in [0.1, 0.15) is 6.29 Å². The molecule has 0 aromatic heterocycles. The van der Waals surface area contributed by atoms with Crippen LogP contribution in [-0.4, -0.2) is 23.0 Å². The number of aldehydes is 1. The predicted molar refractivity (Wildman–Crippen MR) is 32.1 cm³/mol. The van der Waals surface area contributed by atoms with Crippen LogP contribution in [0.5, 0.6) is 0 Å². The van der Waals surface area contributed by atoms with Gasteiger partial charge < -0.3 is 4.79 Å². The number of nitro groups is 1. The second-order valence-electron chi connectivity index (χ2n) is 1.81. The molecule has 5 nitrogen and oxygen atoms in total. The van der Waals surface area contributed by atoms with Crippen molar-refractivity contribution < 1.29 is 14.5 Å². The number of ketones is 1. The molecule has 1 unspecified atom stereocenters. The van der Waals surface area contributed by atoms with Crippen molar-refractivity contribution >= 4 is 12.1 Å². The fraction of sp³-hybridized carbons (Fsp3) is 0.600. The summed E-state index contributed by atoms with van der Waals surface area (Å²) < 4.78 is 0. The van der Waals surface area contributed by atoms with Gasteiger partial charge in [-0.15, -0.1) is 0 Å². The summed E-state index contributed by atoms with van der Waals surface area (Å²) in [5.41, 5.74) is 0. The normalized spacial score (nSPS) is 12.1. The van der Waals surface area contributed by atoms with Crippen molar-refractivity contribution in [1.29, 1.82) is 0 Å². The monoisotopic (exact) mass is 145 g/mol. The standard InChI is InChI=1S/C5H7NO4/c1-4(8)5(2-3-7)6(9)10/h3,5H,2H2,1H3. The third-order valence-corrected chi connectivity index (χ3v) is 1.04. The fourth-order valence-electron chi connectivity index (χ4n) is 0.492. The number of nitrogens with zero attached hydrogens (tertiary/aromatic N) is 1. The lowest BCUT2D eigenvalue weighted by molar-refractivity contribution is -0.505. The number of hydrogen-bond acceptors (Lipinski definition) is 4. The van der Waals surface area contributed by atoms with Crippen molar-refractivity contribution in [2.45, 2.75) is 19.4 Å². The Balaban J connectivity index is 4.11. The summed E-state index contributed by atoms with van der Waals surface area (Å²) >= 11 is 0. The van der Waals surface area contributed by atoms with Crippen molar-refractivity contribution in [2.75, 3.05) is 0 Å². The van der Waals surface area contributed by atoms with Gasteiger partial charge in [-0.1, -0.05) is 0 Å². The average molecular weight is 145 g/mol. The van der Waals surface area contributed by atoms with Crippen molar-refractivity contribution in [1.82, 2.24) is 0 Å². The topological polar surface area (TPSA) is 77.3 Å². The zero-order chi connectivity index (χ0) is 8.15. The molecule has 0 aromatic carbocycles. The highest BCUT2D eigenvalue weighted by Gasteiger charge is 2.24. The van der Waals surface area contributed by atoms with E-state index in [0.717, 1.165) is 6.92 Å². The summed E-state index contributed by atoms with van der Waals surface area (Å²) in [6, 6.07) is -1.35. The summed E-state index contributed by atoms with van der Waals surface area (Å²) in [5, 5.41) is 9.96. The minimum absolute atomic E-state index is 0.331. The van der Waals surface area contributed by atoms with Crippen LogP contribution in [0.15, 0.2) is 0 Å². The Labute approximate surface area is 57.2 Å². The summed E-state index contributed by atoms with van der Waals surface area (Å²) in [6.07, 6.45) is 0.0389. The first kappa shape index (κ1) is 8.74. The molecular formula is C5H7NO4. The first-order valence-corrected chi connectivity index (χ1v) is 2.67. The molecule has 0 heterocycles. The minimum Gasteiger partial charge on any atom is -0.303 e. The number of carbonyl (C=O) groups excluding carboxylic acids is 2. The smallest absolute Gasteiger partial charge is 0.276 e. The van der Waals surface area contributed by atoms with E-state index >= 15 is 0 Å². The van der Waals surface area contributed by atoms with Crippen LogP contribution in [0.1, 0.15) is 13.3 Å². The van der Waals surface area contributed by atoms with Crippen LogP contribution >= 0.6 is 0 Å². The van der Waals surface area contributed by atoms with Gasteiger partial charge in [0.2, 0.25) is 5.78 Å². The number of Topliss-reactive ketones (excluding diaryl/α,β-unsaturated/α-hetero) is 1. The molecular weight excluding hydrogens is 138 g/mol. The Morgan fingerprint density at radius 2 is 2.30 bits per heavy atom. The van der Waals surface area contributed by atoms with E-state index in [1.807, 2.05) is 0 Å². The van der Waals surface area contributed by atoms with Gasteiger partial charge in [0.15, 0.2) is 0 Å². The molecule has 0 aliphatic carbocycles. The van der Waals surface area contributed by atoms with Crippen molar-refractivity contribution in [2.24, 2.45) is 0 Å². The zero-order valence-electron chi connectivity index (χ0n) is 5.44. The third-order valence-electron chi connectivity index (χ3n) is 1.04. The molecule has 0 bridgehead atoms. The molecule has 0 radical (unpaired) electrons. The number of rotatable bonds is 4. The Kier molecular flexibility index (Phi) is 3.24. The first-order valence-electron chi connectivity index (χ1n) is 2.67. The Morgan fingerprint density at radius 3 is 2.40 bits per heavy atom. The molecule has 0 saturated heterocycles. The van der Waals surface area contributed by atoms with Crippen molar-refractivity contribution in [3.05, 3.63) is 10.1 Å². The lowest BCUT2D eigenvalue weighted by Gasteiger charge is -1.98. The summed E-state index contributed by atoms with van der Waals surface area (Å²) in [7, 11) is 0. The second kappa shape index (κ2) is 3.71. The van der Waals surface area contributed by atoms with Gasteiger partial charge >= 0.3 is 0 Å². The van der Waals surface area contributed by atoms with E-state index < -0.39 is 16.7 Å². The summed E-state index contributed by atoms with van der Waals surface area (Å²) in [5.74, 6) is -0.586. The van der Waals surface area contributed by atoms with Crippen LogP contribution in [0.4, 0.5) is 0 Å². The third kappa shape index (κ3) is 2.34. The van der Waals surface area contributed by atoms with Gasteiger partial charge in [-0.05, 0) is 0 Å². The summed E-state index contributed by atoms with van der Waals surface area (Å²) in [6.45, 7) is 1.09. The number of hydrogen-bond donors (Lipinski definition) is 0. The van der Waals surface area contributed by atoms with Crippen LogP contribution in [0.2, 0.25) is 0 Å². The van der Waals surface area contributed by atoms with Gasteiger partial charge in [0.05, 0.1) is 6.42 Å². The van der Waals surface area contributed by atoms with E-state index in [-0.39, 0.29) is 6.42 Å². The van der Waals surface area contributed by atoms with Gasteiger partial charge in [0, 0.05) is 11.8 Å². The zero-order valence-corrected chi connectivity index (χ0v) is 5.44. The maximum atomic E-state index is 10.4. The van der Waals surface area contributed by atoms with Gasteiger partial charge in [-0.25, -0.2) is 0 Å². The maximum absolute atomic E-state index is 10.4. The first-order chi connectivity index (χ1) is 4.59. The van der Waals surface area contributed by atoms with Crippen molar-refractivity contribution in [3.63, 3.8) is 0 Å². The largest absolute Gasteiger partial charge is 0.303 e. The predicted octanol–water partition coefficient (Wildman–Crippen LogP) is -0.190. The van der Waals surface area contributed by atoms with Crippen LogP contribution in [-0.2, 0) is 9.59 Å². The van der Waals surface area contributed by atoms with E-state index in [2.05, 4.69) is 0 Å². The van der Waals surface area contributed by atoms with E-state index in [1.54, 1.807) is 0 Å². The van der Waals surface area contributed by atoms with E-state index in [0.29, 0.717) is 6.29 Å². The Bertz CT molecular complexity index is 151. The number of carbonyl (C=O) groups is 2. The molecule has 0 rings (SSSR count). The highest BCUT2D eigenvalue weighted by atomic mass is 16.6. The molecule has 10 heavy (non-hydrogen) atoms. The lowest BCUT2D eigenvalue weighted by Crippen LogP contribution is -2.27. The molecule has 5 heteroatoms. The van der Waals surface area contributed by atoms with Gasteiger partial charge in [-0.2, -0.15) is 0 Å². The Morgan fingerprint density at radius 1 is 1.80 bits per heavy atom. The van der Waals surface area contributed by atoms with Crippen LogP contribution < -0.4 is 0 Å². The molecule has 0 aliphatic heterocycles. The SMILES string of the molecule is CC(=O)C(CC=O)[N+](=O)[O-]. The maximum Gasteiger partial charge on any atom is 0.276 e. The molecule has 56 valence electrons. The molecule has 0 saturated carbocycles. The van der Waals surface area contributed by atoms with Crippen LogP contribution in [0.3, 0.4) is 0 Å². The molecule has 0 aromatic rings. The fourth-order valence-corrected chi connectivity index (χ4v) is 0.492. The van der Waals surface area contributed by atoms with Crippen LogP contribution in [0, 0.1) is 10.1 Å². The molecule has 0 amide bonds. The average Bonchev–Trinajstić information content (AvgIpc) is 1.81. The lowest BCUT2D eigenvalue weighted by atomic mass is 10.2. The molecule has 0 spiro atoms. The molecule has 0 N–H and O–H groups in total. The highest BCUT2D eigenvalue weighted by Crippen LogP contribution is 1.95. The quantitative estimate of drug-likeness (QED) is 0.312. The minimum atomic E-state index is -1.35. The Hall–Kier alpha value is -1.26. The molecule has 1 atom stereocenters. The molecule has 0 fully saturated rings. The van der Waals surface area contributed by atoms with E-state index in [4.69, 9.17) is 0 Å². The van der Waals surface area contributed by atoms with Gasteiger partial charge in [-0.3, -0.25) is 14.9 Å². The van der Waals surface area contributed by atoms with E-state index in [9.17, 15) is 19.7 Å². The van der Waals surface area contributed by atoms with E-state index in [1.165, 1.54) is 0 Å². The van der Waals surface area contributed by atoms with Crippen LogP contribution in [0.25, 0.3) is 0 Å². The summed E-state index contributed by atoms with van der Waals surface area (Å²) in [4.78, 5) is 29.3. The van der Waals surface area contributed by atoms with Crippen molar-refractivity contribution in [3.8, 4) is 0 Å². The molecule has 0 aliphatic rings.